The van der Waals surface area contributed by atoms with E-state index in [0.717, 1.165) is 10.3 Å². The average Bonchev–Trinajstić information content (AvgIpc) is 3.35. The fourth-order valence-electron chi connectivity index (χ4n) is 3.07. The van der Waals surface area contributed by atoms with Crippen molar-refractivity contribution in [2.75, 3.05) is 6.54 Å². The number of carbonyl (C=O) groups excluding carboxylic acids is 2. The van der Waals surface area contributed by atoms with Crippen LogP contribution in [0.3, 0.4) is 0 Å². The van der Waals surface area contributed by atoms with E-state index >= 15 is 0 Å². The molecule has 0 aliphatic carbocycles. The molecule has 0 saturated heterocycles. The van der Waals surface area contributed by atoms with Crippen molar-refractivity contribution < 1.29 is 18.0 Å². The number of pyridine rings is 1. The second-order valence-electron chi connectivity index (χ2n) is 7.05. The van der Waals surface area contributed by atoms with E-state index in [9.17, 15) is 18.0 Å². The van der Waals surface area contributed by atoms with Crippen LogP contribution in [0.2, 0.25) is 0 Å². The molecule has 0 saturated carbocycles. The number of aromatic nitrogens is 1. The Hall–Kier alpha value is -3.60. The molecule has 0 radical (unpaired) electrons. The summed E-state index contributed by atoms with van der Waals surface area (Å²) >= 11 is 1.57. The van der Waals surface area contributed by atoms with Gasteiger partial charge in [-0.1, -0.05) is 30.3 Å². The summed E-state index contributed by atoms with van der Waals surface area (Å²) in [5, 5.41) is 2.84. The van der Waals surface area contributed by atoms with E-state index in [2.05, 4.69) is 20.6 Å². The van der Waals surface area contributed by atoms with Crippen LogP contribution in [0.15, 0.2) is 83.1 Å². The lowest BCUT2D eigenvalue weighted by atomic mass is 10.2. The molecule has 2 amide bonds. The Labute approximate surface area is 194 Å². The van der Waals surface area contributed by atoms with Gasteiger partial charge in [0, 0.05) is 22.4 Å². The summed E-state index contributed by atoms with van der Waals surface area (Å²) < 4.78 is 27.4. The first-order valence-electron chi connectivity index (χ1n) is 10.0. The van der Waals surface area contributed by atoms with Crippen LogP contribution < -0.4 is 15.6 Å². The molecule has 0 aliphatic rings. The number of carbonyl (C=O) groups is 2. The number of nitrogens with one attached hydrogen (secondary N) is 3. The third kappa shape index (κ3) is 5.61. The van der Waals surface area contributed by atoms with Crippen molar-refractivity contribution >= 4 is 44.1 Å². The number of benzene rings is 2. The predicted octanol–water partition coefficient (Wildman–Crippen LogP) is 2.89. The van der Waals surface area contributed by atoms with Gasteiger partial charge in [-0.3, -0.25) is 20.4 Å². The van der Waals surface area contributed by atoms with Crippen molar-refractivity contribution in [1.82, 2.24) is 20.6 Å². The maximum absolute atomic E-state index is 12.4. The predicted molar refractivity (Wildman–Crippen MR) is 126 cm³/mol. The van der Waals surface area contributed by atoms with Crippen LogP contribution in [0.4, 0.5) is 0 Å². The Balaban J connectivity index is 1.33. The Bertz CT molecular complexity index is 1390. The molecule has 0 bridgehead atoms. The highest BCUT2D eigenvalue weighted by Crippen LogP contribution is 2.13. The number of hydrogen-bond acceptors (Lipinski definition) is 6. The maximum Gasteiger partial charge on any atom is 0.288 e. The van der Waals surface area contributed by atoms with Crippen LogP contribution in [0, 0.1) is 0 Å². The van der Waals surface area contributed by atoms with Crippen LogP contribution in [0.25, 0.3) is 10.9 Å². The smallest absolute Gasteiger partial charge is 0.267 e. The van der Waals surface area contributed by atoms with Crippen molar-refractivity contribution in [2.24, 2.45) is 0 Å². The summed E-state index contributed by atoms with van der Waals surface area (Å²) in [6.07, 6.45) is 0.600. The Morgan fingerprint density at radius 2 is 1.61 bits per heavy atom. The summed E-state index contributed by atoms with van der Waals surface area (Å²) in [6.45, 7) is 0.278. The lowest BCUT2D eigenvalue weighted by molar-refractivity contribution is 0.0844. The minimum absolute atomic E-state index is 0.0506. The second-order valence-corrected chi connectivity index (χ2v) is 9.85. The van der Waals surface area contributed by atoms with Gasteiger partial charge in [-0.25, -0.2) is 18.1 Å². The lowest BCUT2D eigenvalue weighted by Gasteiger charge is -2.09. The van der Waals surface area contributed by atoms with Crippen LogP contribution in [-0.2, 0) is 16.4 Å². The minimum atomic E-state index is -3.69. The van der Waals surface area contributed by atoms with Crippen molar-refractivity contribution in [2.45, 2.75) is 11.3 Å². The summed E-state index contributed by atoms with van der Waals surface area (Å²) in [4.78, 5) is 30.1. The van der Waals surface area contributed by atoms with Gasteiger partial charge in [0.15, 0.2) is 0 Å². The molecule has 4 rings (SSSR count). The van der Waals surface area contributed by atoms with E-state index in [1.54, 1.807) is 29.5 Å². The third-order valence-electron chi connectivity index (χ3n) is 4.79. The molecule has 33 heavy (non-hydrogen) atoms. The number of nitrogens with zero attached hydrogens (tertiary/aromatic N) is 1. The molecule has 3 N–H and O–H groups in total. The van der Waals surface area contributed by atoms with Gasteiger partial charge in [-0.15, -0.1) is 11.3 Å². The molecule has 0 spiro atoms. The van der Waals surface area contributed by atoms with Gasteiger partial charge < -0.3 is 0 Å². The van der Waals surface area contributed by atoms with Crippen LogP contribution in [-0.4, -0.2) is 31.8 Å². The zero-order valence-corrected chi connectivity index (χ0v) is 18.9. The van der Waals surface area contributed by atoms with Crippen LogP contribution >= 0.6 is 11.3 Å². The zero-order chi connectivity index (χ0) is 23.3. The van der Waals surface area contributed by atoms with Gasteiger partial charge in [0.25, 0.3) is 11.8 Å². The van der Waals surface area contributed by atoms with Crippen LogP contribution in [0.1, 0.15) is 25.7 Å². The van der Waals surface area contributed by atoms with Crippen LogP contribution in [0.5, 0.6) is 0 Å². The first-order valence-corrected chi connectivity index (χ1v) is 12.4. The Morgan fingerprint density at radius 1 is 0.848 bits per heavy atom. The fraction of sp³-hybridized carbons (Fsp3) is 0.0870. The van der Waals surface area contributed by atoms with Gasteiger partial charge in [0.2, 0.25) is 10.0 Å². The van der Waals surface area contributed by atoms with Gasteiger partial charge >= 0.3 is 0 Å². The highest BCUT2D eigenvalue weighted by atomic mass is 32.2. The molecule has 8 nitrogen and oxygen atoms in total. The van der Waals surface area contributed by atoms with Crippen molar-refractivity contribution in [3.05, 3.63) is 94.3 Å². The molecule has 0 fully saturated rings. The van der Waals surface area contributed by atoms with Gasteiger partial charge in [0.1, 0.15) is 5.69 Å². The van der Waals surface area contributed by atoms with E-state index in [-0.39, 0.29) is 22.7 Å². The molecule has 0 atom stereocenters. The maximum atomic E-state index is 12.4. The average molecular weight is 481 g/mol. The third-order valence-corrected chi connectivity index (χ3v) is 7.20. The number of sulfonamides is 1. The number of amides is 2. The second kappa shape index (κ2) is 9.90. The van der Waals surface area contributed by atoms with E-state index in [4.69, 9.17) is 0 Å². The summed E-state index contributed by atoms with van der Waals surface area (Å²) in [5.41, 5.74) is 5.64. The molecule has 2 aromatic heterocycles. The van der Waals surface area contributed by atoms with E-state index in [0.29, 0.717) is 11.9 Å². The monoisotopic (exact) mass is 480 g/mol. The quantitative estimate of drug-likeness (QED) is 0.352. The lowest BCUT2D eigenvalue weighted by Crippen LogP contribution is -2.42. The molecular formula is C23H20N4O4S2. The standard InChI is InChI=1S/C23H20N4O4S2/c28-22(26-27-23(29)21-12-9-16-4-1-2-6-20(16)25-21)17-7-10-19(11-8-17)33(30,31)24-14-13-18-5-3-15-32-18/h1-12,15,24H,13-14H2,(H,26,28)(H,27,29). The fourth-order valence-corrected chi connectivity index (χ4v) is 4.82. The van der Waals surface area contributed by atoms with E-state index in [1.165, 1.54) is 24.3 Å². The summed E-state index contributed by atoms with van der Waals surface area (Å²) in [5.74, 6) is -1.15. The zero-order valence-electron chi connectivity index (χ0n) is 17.3. The highest BCUT2D eigenvalue weighted by Gasteiger charge is 2.15. The normalized spacial score (nSPS) is 11.3. The van der Waals surface area contributed by atoms with Crippen molar-refractivity contribution in [3.8, 4) is 0 Å². The SMILES string of the molecule is O=C(NNC(=O)c1ccc2ccccc2n1)c1ccc(S(=O)(=O)NCCc2cccs2)cc1. The number of para-hydroxylation sites is 1. The Morgan fingerprint density at radius 3 is 2.36 bits per heavy atom. The van der Waals surface area contributed by atoms with Gasteiger partial charge in [-0.05, 0) is 54.3 Å². The topological polar surface area (TPSA) is 117 Å². The largest absolute Gasteiger partial charge is 0.288 e. The molecule has 0 unspecified atom stereocenters. The molecular weight excluding hydrogens is 460 g/mol. The first-order chi connectivity index (χ1) is 15.9. The van der Waals surface area contributed by atoms with E-state index in [1.807, 2.05) is 35.7 Å². The molecule has 4 aromatic rings. The molecule has 168 valence electrons. The number of rotatable bonds is 7. The van der Waals surface area contributed by atoms with Crippen molar-refractivity contribution in [3.63, 3.8) is 0 Å². The number of hydrogen-bond donors (Lipinski definition) is 3. The van der Waals surface area contributed by atoms with Gasteiger partial charge in [-0.2, -0.15) is 0 Å². The van der Waals surface area contributed by atoms with Gasteiger partial charge in [0.05, 0.1) is 10.4 Å². The molecule has 2 aromatic carbocycles. The number of fused-ring (bicyclic) bond motifs is 1. The molecule has 10 heteroatoms. The number of hydrazine groups is 1. The highest BCUT2D eigenvalue weighted by molar-refractivity contribution is 7.89. The number of thiophene rings is 1. The molecule has 0 aliphatic heterocycles. The van der Waals surface area contributed by atoms with E-state index < -0.39 is 21.8 Å². The summed E-state index contributed by atoms with van der Waals surface area (Å²) in [7, 11) is -3.69. The molecule has 2 heterocycles. The minimum Gasteiger partial charge on any atom is -0.267 e. The Kier molecular flexibility index (Phi) is 6.78. The van der Waals surface area contributed by atoms with Crippen molar-refractivity contribution in [1.29, 1.82) is 0 Å². The summed E-state index contributed by atoms with van der Waals surface area (Å²) in [6, 6.07) is 20.0. The first kappa shape index (κ1) is 22.6.